The summed E-state index contributed by atoms with van der Waals surface area (Å²) in [5, 5.41) is 6.83. The molecule has 0 N–H and O–H groups in total. The normalized spacial score (nSPS) is 14.2. The number of rotatable bonds is 5. The lowest BCUT2D eigenvalue weighted by molar-refractivity contribution is -0.128. The highest BCUT2D eigenvalue weighted by molar-refractivity contribution is 8.00. The van der Waals surface area contributed by atoms with Crippen molar-refractivity contribution in [2.45, 2.75) is 5.03 Å². The number of piperazine rings is 1. The summed E-state index contributed by atoms with van der Waals surface area (Å²) in [6, 6.07) is 17.7. The van der Waals surface area contributed by atoms with Gasteiger partial charge in [0.15, 0.2) is 5.65 Å². The first kappa shape index (κ1) is 20.8. The molecule has 7 nitrogen and oxygen atoms in total. The third kappa shape index (κ3) is 4.16. The van der Waals surface area contributed by atoms with Crippen LogP contribution in [0.3, 0.4) is 0 Å². The SMILES string of the molecule is O=C(CSc1ncnc2c1cnn2-c1ccccc1)N1CCN(c2ccccc2Cl)CC1. The van der Waals surface area contributed by atoms with Crippen LogP contribution >= 0.6 is 23.4 Å². The van der Waals surface area contributed by atoms with E-state index in [9.17, 15) is 4.79 Å². The van der Waals surface area contributed by atoms with Crippen molar-refractivity contribution in [3.05, 3.63) is 72.1 Å². The Balaban J connectivity index is 1.23. The summed E-state index contributed by atoms with van der Waals surface area (Å²) in [6.45, 7) is 2.88. The number of nitrogens with zero attached hydrogens (tertiary/aromatic N) is 6. The molecule has 0 atom stereocenters. The molecule has 0 aliphatic carbocycles. The van der Waals surface area contributed by atoms with Gasteiger partial charge in [-0.1, -0.05) is 53.7 Å². The van der Waals surface area contributed by atoms with Crippen LogP contribution in [0.2, 0.25) is 5.02 Å². The highest BCUT2D eigenvalue weighted by Crippen LogP contribution is 2.28. The van der Waals surface area contributed by atoms with Crippen LogP contribution in [0.4, 0.5) is 5.69 Å². The van der Waals surface area contributed by atoms with E-state index in [1.807, 2.05) is 59.5 Å². The molecule has 2 aromatic heterocycles. The van der Waals surface area contributed by atoms with Crippen molar-refractivity contribution in [2.24, 2.45) is 0 Å². The quantitative estimate of drug-likeness (QED) is 0.329. The maximum Gasteiger partial charge on any atom is 0.233 e. The van der Waals surface area contributed by atoms with E-state index >= 15 is 0 Å². The predicted octanol–water partition coefficient (Wildman–Crippen LogP) is 3.91. The van der Waals surface area contributed by atoms with Crippen molar-refractivity contribution in [1.29, 1.82) is 0 Å². The molecule has 0 bridgehead atoms. The number of hydrogen-bond acceptors (Lipinski definition) is 6. The highest BCUT2D eigenvalue weighted by atomic mass is 35.5. The molecule has 0 unspecified atom stereocenters. The van der Waals surface area contributed by atoms with Crippen LogP contribution in [0.1, 0.15) is 0 Å². The Kier molecular flexibility index (Phi) is 5.96. The zero-order valence-corrected chi connectivity index (χ0v) is 18.8. The van der Waals surface area contributed by atoms with Gasteiger partial charge in [-0.15, -0.1) is 0 Å². The molecular formula is C23H21ClN6OS. The molecule has 1 fully saturated rings. The average molecular weight is 465 g/mol. The van der Waals surface area contributed by atoms with Gasteiger partial charge in [0.05, 0.1) is 33.7 Å². The van der Waals surface area contributed by atoms with Gasteiger partial charge in [-0.05, 0) is 24.3 Å². The van der Waals surface area contributed by atoms with Crippen LogP contribution in [0.5, 0.6) is 0 Å². The molecule has 1 amide bonds. The first-order chi connectivity index (χ1) is 15.7. The lowest BCUT2D eigenvalue weighted by Crippen LogP contribution is -2.49. The molecule has 1 aliphatic rings. The predicted molar refractivity (Wildman–Crippen MR) is 128 cm³/mol. The summed E-state index contributed by atoms with van der Waals surface area (Å²) in [7, 11) is 0. The molecule has 0 radical (unpaired) electrons. The molecule has 3 heterocycles. The molecule has 5 rings (SSSR count). The molecule has 1 saturated heterocycles. The van der Waals surface area contributed by atoms with Crippen molar-refractivity contribution in [3.63, 3.8) is 0 Å². The fourth-order valence-electron chi connectivity index (χ4n) is 3.82. The van der Waals surface area contributed by atoms with E-state index in [-0.39, 0.29) is 5.91 Å². The summed E-state index contributed by atoms with van der Waals surface area (Å²) >= 11 is 7.75. The summed E-state index contributed by atoms with van der Waals surface area (Å²) in [6.07, 6.45) is 3.29. The van der Waals surface area contributed by atoms with E-state index in [1.54, 1.807) is 10.9 Å². The smallest absolute Gasteiger partial charge is 0.233 e. The Hall–Kier alpha value is -3.10. The van der Waals surface area contributed by atoms with Gasteiger partial charge >= 0.3 is 0 Å². The standard InChI is InChI=1S/C23H21ClN6OS/c24-19-8-4-5-9-20(19)28-10-12-29(13-11-28)21(31)15-32-23-18-14-27-30(22(18)25-16-26-23)17-6-2-1-3-7-17/h1-9,14,16H,10-13,15H2. The van der Waals surface area contributed by atoms with Gasteiger partial charge in [0.25, 0.3) is 0 Å². The van der Waals surface area contributed by atoms with Crippen LogP contribution in [0.25, 0.3) is 16.7 Å². The van der Waals surface area contributed by atoms with Gasteiger partial charge in [0.2, 0.25) is 5.91 Å². The Morgan fingerprint density at radius 1 is 0.969 bits per heavy atom. The largest absolute Gasteiger partial charge is 0.367 e. The van der Waals surface area contributed by atoms with E-state index < -0.39 is 0 Å². The number of amides is 1. The van der Waals surface area contributed by atoms with Crippen LogP contribution < -0.4 is 4.90 Å². The van der Waals surface area contributed by atoms with Crippen molar-refractivity contribution >= 4 is 46.0 Å². The number of halogens is 1. The fourth-order valence-corrected chi connectivity index (χ4v) is 4.94. The summed E-state index contributed by atoms with van der Waals surface area (Å²) in [5.41, 5.74) is 2.69. The summed E-state index contributed by atoms with van der Waals surface area (Å²) < 4.78 is 1.79. The molecule has 2 aromatic carbocycles. The van der Waals surface area contributed by atoms with Gasteiger partial charge in [-0.25, -0.2) is 14.6 Å². The zero-order valence-electron chi connectivity index (χ0n) is 17.3. The van der Waals surface area contributed by atoms with Crippen LogP contribution in [-0.4, -0.2) is 62.5 Å². The maximum absolute atomic E-state index is 12.8. The first-order valence-electron chi connectivity index (χ1n) is 10.3. The summed E-state index contributed by atoms with van der Waals surface area (Å²) in [4.78, 5) is 25.8. The van der Waals surface area contributed by atoms with Crippen molar-refractivity contribution < 1.29 is 4.79 Å². The Labute approximate surface area is 195 Å². The second kappa shape index (κ2) is 9.18. The average Bonchev–Trinajstić information content (AvgIpc) is 3.28. The number of carbonyl (C=O) groups excluding carboxylic acids is 1. The number of benzene rings is 2. The molecule has 0 spiro atoms. The lowest BCUT2D eigenvalue weighted by Gasteiger charge is -2.36. The minimum absolute atomic E-state index is 0.107. The van der Waals surface area contributed by atoms with Crippen LogP contribution in [0.15, 0.2) is 72.1 Å². The van der Waals surface area contributed by atoms with E-state index in [1.165, 1.54) is 18.1 Å². The monoisotopic (exact) mass is 464 g/mol. The Bertz CT molecular complexity index is 1240. The van der Waals surface area contributed by atoms with Gasteiger partial charge in [0.1, 0.15) is 11.4 Å². The number of para-hydroxylation sites is 2. The van der Waals surface area contributed by atoms with E-state index in [4.69, 9.17) is 11.6 Å². The number of thioether (sulfide) groups is 1. The molecule has 162 valence electrons. The third-order valence-corrected chi connectivity index (χ3v) is 6.80. The molecular weight excluding hydrogens is 444 g/mol. The van der Waals surface area contributed by atoms with Crippen molar-refractivity contribution in [3.8, 4) is 5.69 Å². The second-order valence-electron chi connectivity index (χ2n) is 7.42. The molecule has 4 aromatic rings. The van der Waals surface area contributed by atoms with Crippen molar-refractivity contribution in [1.82, 2.24) is 24.6 Å². The minimum atomic E-state index is 0.107. The van der Waals surface area contributed by atoms with Gasteiger partial charge in [-0.2, -0.15) is 5.10 Å². The zero-order chi connectivity index (χ0) is 21.9. The number of carbonyl (C=O) groups is 1. The van der Waals surface area contributed by atoms with E-state index in [2.05, 4.69) is 20.0 Å². The number of fused-ring (bicyclic) bond motifs is 1. The number of anilines is 1. The molecule has 1 aliphatic heterocycles. The van der Waals surface area contributed by atoms with Crippen LogP contribution in [-0.2, 0) is 4.79 Å². The van der Waals surface area contributed by atoms with Crippen molar-refractivity contribution in [2.75, 3.05) is 36.8 Å². The third-order valence-electron chi connectivity index (χ3n) is 5.49. The molecule has 32 heavy (non-hydrogen) atoms. The van der Waals surface area contributed by atoms with E-state index in [0.717, 1.165) is 45.5 Å². The molecule has 9 heteroatoms. The highest BCUT2D eigenvalue weighted by Gasteiger charge is 2.23. The van der Waals surface area contributed by atoms with Gasteiger partial charge in [-0.3, -0.25) is 4.79 Å². The van der Waals surface area contributed by atoms with Crippen LogP contribution in [0, 0.1) is 0 Å². The summed E-state index contributed by atoms with van der Waals surface area (Å²) in [5.74, 6) is 0.436. The molecule has 0 saturated carbocycles. The number of aromatic nitrogens is 4. The minimum Gasteiger partial charge on any atom is -0.367 e. The van der Waals surface area contributed by atoms with Gasteiger partial charge in [0, 0.05) is 26.2 Å². The fraction of sp³-hybridized carbons (Fsp3) is 0.217. The van der Waals surface area contributed by atoms with Gasteiger partial charge < -0.3 is 9.80 Å². The lowest BCUT2D eigenvalue weighted by atomic mass is 10.2. The van der Waals surface area contributed by atoms with E-state index in [0.29, 0.717) is 18.8 Å². The number of hydrogen-bond donors (Lipinski definition) is 0. The maximum atomic E-state index is 12.8. The first-order valence-corrected chi connectivity index (χ1v) is 11.7. The topological polar surface area (TPSA) is 67.2 Å². The Morgan fingerprint density at radius 3 is 2.50 bits per heavy atom. The Morgan fingerprint density at radius 2 is 1.72 bits per heavy atom. The second-order valence-corrected chi connectivity index (χ2v) is 8.79.